The number of alkyl halides is 2. The molecule has 0 saturated carbocycles. The summed E-state index contributed by atoms with van der Waals surface area (Å²) >= 11 is 0. The van der Waals surface area contributed by atoms with Crippen LogP contribution in [0.25, 0.3) is 11.0 Å². The topological polar surface area (TPSA) is 84.6 Å². The molecule has 0 aliphatic carbocycles. The van der Waals surface area contributed by atoms with Gasteiger partial charge >= 0.3 is 36.2 Å². The van der Waals surface area contributed by atoms with Crippen molar-refractivity contribution in [1.29, 1.82) is 0 Å². The number of fused-ring (bicyclic) bond motifs is 1. The molecule has 138 valence electrons. The number of ether oxygens (including phenoxy) is 3. The Morgan fingerprint density at radius 3 is 2.67 bits per heavy atom. The largest absolute Gasteiger partial charge is 1.00 e. The third kappa shape index (κ3) is 4.95. The van der Waals surface area contributed by atoms with Gasteiger partial charge in [-0.1, -0.05) is 6.07 Å². The molecular formula is C16H14F2N3NaO4S. The van der Waals surface area contributed by atoms with E-state index in [-0.39, 0.29) is 46.2 Å². The van der Waals surface area contributed by atoms with E-state index in [1.807, 2.05) is 0 Å². The number of imidazole rings is 1. The van der Waals surface area contributed by atoms with E-state index in [1.54, 1.807) is 6.07 Å². The van der Waals surface area contributed by atoms with Crippen LogP contribution in [0.1, 0.15) is 5.69 Å². The van der Waals surface area contributed by atoms with Crippen molar-refractivity contribution in [1.82, 2.24) is 15.0 Å². The number of halogens is 2. The van der Waals surface area contributed by atoms with E-state index in [9.17, 15) is 13.0 Å². The molecule has 3 rings (SSSR count). The average molecular weight is 405 g/mol. The molecule has 1 aromatic carbocycles. The summed E-state index contributed by atoms with van der Waals surface area (Å²) in [6.07, 6.45) is 1.52. The van der Waals surface area contributed by atoms with E-state index in [1.165, 1.54) is 38.6 Å². The fourth-order valence-corrected chi connectivity index (χ4v) is 3.32. The maximum absolute atomic E-state index is 12.6. The van der Waals surface area contributed by atoms with Crippen molar-refractivity contribution in [3.05, 3.63) is 36.2 Å². The zero-order valence-electron chi connectivity index (χ0n) is 14.8. The number of methoxy groups -OCH3 is 2. The molecule has 0 amide bonds. The van der Waals surface area contributed by atoms with Gasteiger partial charge in [-0.2, -0.15) is 8.78 Å². The van der Waals surface area contributed by atoms with Crippen LogP contribution in [-0.4, -0.2) is 35.0 Å². The summed E-state index contributed by atoms with van der Waals surface area (Å²) in [6.45, 7) is -2.93. The van der Waals surface area contributed by atoms with Gasteiger partial charge in [0.2, 0.25) is 0 Å². The Bertz CT molecular complexity index is 955. The molecule has 1 atom stereocenters. The molecule has 27 heavy (non-hydrogen) atoms. The van der Waals surface area contributed by atoms with Gasteiger partial charge in [-0.15, -0.1) is 0 Å². The van der Waals surface area contributed by atoms with Crippen LogP contribution in [0, 0.1) is 0 Å². The molecule has 2 aromatic heterocycles. The fourth-order valence-electron chi connectivity index (χ4n) is 2.34. The van der Waals surface area contributed by atoms with Crippen molar-refractivity contribution in [2.75, 3.05) is 14.2 Å². The predicted octanol–water partition coefficient (Wildman–Crippen LogP) is -0.483. The molecule has 11 heteroatoms. The van der Waals surface area contributed by atoms with Gasteiger partial charge in [0.25, 0.3) is 0 Å². The van der Waals surface area contributed by atoms with E-state index in [0.717, 1.165) is 0 Å². The molecular weight excluding hydrogens is 391 g/mol. The molecule has 2 heterocycles. The van der Waals surface area contributed by atoms with E-state index >= 15 is 0 Å². The van der Waals surface area contributed by atoms with Crippen molar-refractivity contribution >= 4 is 21.8 Å². The third-order valence-corrected chi connectivity index (χ3v) is 4.57. The maximum Gasteiger partial charge on any atom is 1.00 e. The Morgan fingerprint density at radius 1 is 1.22 bits per heavy atom. The van der Waals surface area contributed by atoms with Crippen molar-refractivity contribution in [2.24, 2.45) is 0 Å². The summed E-state index contributed by atoms with van der Waals surface area (Å²) < 4.78 is 52.0. The van der Waals surface area contributed by atoms with Gasteiger partial charge in [-0.05, 0) is 23.2 Å². The van der Waals surface area contributed by atoms with Crippen LogP contribution < -0.4 is 48.8 Å². The summed E-state index contributed by atoms with van der Waals surface area (Å²) in [5.41, 5.74) is 1.18. The van der Waals surface area contributed by atoms with Crippen molar-refractivity contribution < 1.29 is 56.8 Å². The van der Waals surface area contributed by atoms with Crippen LogP contribution in [0.4, 0.5) is 8.78 Å². The van der Waals surface area contributed by atoms with Gasteiger partial charge in [0.1, 0.15) is 5.75 Å². The summed E-state index contributed by atoms with van der Waals surface area (Å²) in [5, 5.41) is 0.0702. The molecule has 0 aliphatic rings. The number of hydrogen-bond donors (Lipinski definition) is 0. The second-order valence-electron chi connectivity index (χ2n) is 5.02. The standard InChI is InChI=1S/C16H14F2N3O4S.Na/c1-23-13-5-6-19-12(14(13)24-2)8-26(22)16-20-10-4-3-9(25-15(17)18)7-11(10)21-16;/h3-7,15H,8H2,1-2H3;/q-1;+1/t26-;/m0./s1. The Kier molecular flexibility index (Phi) is 7.54. The Balaban J connectivity index is 0.00000261. The molecule has 0 fully saturated rings. The zero-order valence-corrected chi connectivity index (χ0v) is 17.6. The second-order valence-corrected chi connectivity index (χ2v) is 6.36. The van der Waals surface area contributed by atoms with E-state index in [4.69, 9.17) is 9.47 Å². The summed E-state index contributed by atoms with van der Waals surface area (Å²) in [5.74, 6) is 0.821. The van der Waals surface area contributed by atoms with Gasteiger partial charge in [0.15, 0.2) is 11.5 Å². The van der Waals surface area contributed by atoms with Crippen molar-refractivity contribution in [3.8, 4) is 17.2 Å². The summed E-state index contributed by atoms with van der Waals surface area (Å²) in [6, 6.07) is 5.77. The molecule has 7 nitrogen and oxygen atoms in total. The fraction of sp³-hybridized carbons (Fsp3) is 0.250. The summed E-state index contributed by atoms with van der Waals surface area (Å²) in [7, 11) is 1.34. The number of pyridine rings is 1. The molecule has 0 bridgehead atoms. The quantitative estimate of drug-likeness (QED) is 0.491. The minimum atomic E-state index is -2.93. The normalized spacial score (nSPS) is 11.9. The molecule has 0 N–H and O–H groups in total. The van der Waals surface area contributed by atoms with Gasteiger partial charge in [-0.3, -0.25) is 9.19 Å². The zero-order chi connectivity index (χ0) is 18.7. The van der Waals surface area contributed by atoms with E-state index in [2.05, 4.69) is 19.7 Å². The number of nitrogens with zero attached hydrogens (tertiary/aromatic N) is 3. The maximum atomic E-state index is 12.6. The first kappa shape index (κ1) is 21.5. The molecule has 0 radical (unpaired) electrons. The van der Waals surface area contributed by atoms with E-state index in [0.29, 0.717) is 28.2 Å². The first-order chi connectivity index (χ1) is 12.5. The minimum Gasteiger partial charge on any atom is -0.493 e. The van der Waals surface area contributed by atoms with Gasteiger partial charge in [-0.25, -0.2) is 0 Å². The molecule has 0 saturated heterocycles. The van der Waals surface area contributed by atoms with Crippen LogP contribution in [0.15, 0.2) is 35.6 Å². The first-order valence-corrected chi connectivity index (χ1v) is 8.67. The molecule has 0 aliphatic heterocycles. The Hall–Kier alpha value is -1.75. The monoisotopic (exact) mass is 405 g/mol. The van der Waals surface area contributed by atoms with Gasteiger partial charge < -0.3 is 24.2 Å². The SMILES string of the molecule is COc1ccnc(C[S@](=O)c2nc3cc(OC(F)F)ccc3[n-]2)c1OC.[Na+]. The molecule has 0 unspecified atom stereocenters. The number of hydrogen-bond acceptors (Lipinski definition) is 6. The smallest absolute Gasteiger partial charge is 0.493 e. The predicted molar refractivity (Wildman–Crippen MR) is 89.1 cm³/mol. The van der Waals surface area contributed by atoms with E-state index < -0.39 is 17.4 Å². The second kappa shape index (κ2) is 9.45. The van der Waals surface area contributed by atoms with Crippen molar-refractivity contribution in [2.45, 2.75) is 17.5 Å². The Labute approximate surface area is 178 Å². The third-order valence-electron chi connectivity index (χ3n) is 3.44. The number of rotatable bonds is 7. The number of aromatic nitrogens is 3. The van der Waals surface area contributed by atoms with Crippen LogP contribution >= 0.6 is 0 Å². The van der Waals surface area contributed by atoms with Crippen LogP contribution in [-0.2, 0) is 16.6 Å². The summed E-state index contributed by atoms with van der Waals surface area (Å²) in [4.78, 5) is 12.5. The van der Waals surface area contributed by atoms with Gasteiger partial charge in [0, 0.05) is 17.4 Å². The van der Waals surface area contributed by atoms with Gasteiger partial charge in [0.05, 0.1) is 36.5 Å². The minimum absolute atomic E-state index is 0. The Morgan fingerprint density at radius 2 is 2.00 bits per heavy atom. The molecule has 3 aromatic rings. The van der Waals surface area contributed by atoms with Crippen molar-refractivity contribution in [3.63, 3.8) is 0 Å². The first-order valence-electron chi connectivity index (χ1n) is 7.35. The van der Waals surface area contributed by atoms with Crippen LogP contribution in [0.5, 0.6) is 17.2 Å². The van der Waals surface area contributed by atoms with Crippen LogP contribution in [0.3, 0.4) is 0 Å². The number of benzene rings is 1. The van der Waals surface area contributed by atoms with Crippen LogP contribution in [0.2, 0.25) is 0 Å². The average Bonchev–Trinajstić information content (AvgIpc) is 3.04. The molecule has 0 spiro atoms.